The molecule has 1 N–H and O–H groups in total. The van der Waals surface area contributed by atoms with Gasteiger partial charge in [-0.1, -0.05) is 30.3 Å². The number of hydrazone groups is 1. The van der Waals surface area contributed by atoms with Crippen LogP contribution < -0.4 is 5.43 Å². The highest BCUT2D eigenvalue weighted by Crippen LogP contribution is 2.26. The van der Waals surface area contributed by atoms with Gasteiger partial charge in [-0.25, -0.2) is 5.43 Å². The highest BCUT2D eigenvalue weighted by Gasteiger charge is 2.00. The van der Waals surface area contributed by atoms with Gasteiger partial charge in [0.2, 0.25) is 5.91 Å². The van der Waals surface area contributed by atoms with Crippen LogP contribution in [-0.2, 0) is 4.79 Å². The average molecular weight is 244 g/mol. The molecule has 1 heterocycles. The normalized spacial score (nSPS) is 10.6. The number of hydrogen-bond donors (Lipinski definition) is 1. The molecular weight excluding hydrogens is 232 g/mol. The van der Waals surface area contributed by atoms with Crippen LogP contribution in [0.5, 0.6) is 0 Å². The van der Waals surface area contributed by atoms with Crippen molar-refractivity contribution in [1.82, 2.24) is 5.43 Å². The highest BCUT2D eigenvalue weighted by atomic mass is 32.1. The Balaban J connectivity index is 2.11. The van der Waals surface area contributed by atoms with E-state index in [0.29, 0.717) is 0 Å². The molecule has 0 bridgehead atoms. The summed E-state index contributed by atoms with van der Waals surface area (Å²) in [4.78, 5) is 12.8. The summed E-state index contributed by atoms with van der Waals surface area (Å²) in [6, 6.07) is 14.2. The third kappa shape index (κ3) is 3.26. The van der Waals surface area contributed by atoms with Crippen molar-refractivity contribution in [3.05, 3.63) is 47.3 Å². The standard InChI is InChI=1S/C13H12N2OS/c1-10(16)15-14-9-12-7-8-13(17-12)11-5-3-2-4-6-11/h2-9H,1H3,(H,15,16)/b14-9-. The largest absolute Gasteiger partial charge is 0.274 e. The molecule has 0 fully saturated rings. The fraction of sp³-hybridized carbons (Fsp3) is 0.0769. The lowest BCUT2D eigenvalue weighted by Crippen LogP contribution is -2.11. The molecule has 2 aromatic rings. The molecule has 1 amide bonds. The van der Waals surface area contributed by atoms with E-state index in [2.05, 4.69) is 28.7 Å². The Kier molecular flexibility index (Phi) is 3.67. The van der Waals surface area contributed by atoms with Crippen molar-refractivity contribution < 1.29 is 4.79 Å². The zero-order chi connectivity index (χ0) is 12.1. The number of thiophene rings is 1. The maximum Gasteiger partial charge on any atom is 0.236 e. The number of nitrogens with zero attached hydrogens (tertiary/aromatic N) is 1. The first kappa shape index (κ1) is 11.5. The molecule has 0 radical (unpaired) electrons. The van der Waals surface area contributed by atoms with Crippen LogP contribution in [0.3, 0.4) is 0 Å². The monoisotopic (exact) mass is 244 g/mol. The number of amides is 1. The fourth-order valence-electron chi connectivity index (χ4n) is 1.37. The molecule has 0 atom stereocenters. The highest BCUT2D eigenvalue weighted by molar-refractivity contribution is 7.17. The van der Waals surface area contributed by atoms with Gasteiger partial charge in [0, 0.05) is 16.7 Å². The molecule has 1 aromatic carbocycles. The molecule has 4 heteroatoms. The summed E-state index contributed by atoms with van der Waals surface area (Å²) >= 11 is 1.64. The first-order chi connectivity index (χ1) is 8.25. The van der Waals surface area contributed by atoms with Gasteiger partial charge >= 0.3 is 0 Å². The van der Waals surface area contributed by atoms with E-state index in [0.717, 1.165) is 4.88 Å². The van der Waals surface area contributed by atoms with Crippen molar-refractivity contribution in [1.29, 1.82) is 0 Å². The maximum atomic E-state index is 10.6. The first-order valence-corrected chi connectivity index (χ1v) is 6.02. The molecule has 0 aliphatic heterocycles. The van der Waals surface area contributed by atoms with Gasteiger partial charge in [-0.15, -0.1) is 11.3 Å². The smallest absolute Gasteiger partial charge is 0.236 e. The molecule has 17 heavy (non-hydrogen) atoms. The van der Waals surface area contributed by atoms with E-state index in [4.69, 9.17) is 0 Å². The second-order valence-electron chi connectivity index (χ2n) is 3.49. The van der Waals surface area contributed by atoms with Crippen LogP contribution >= 0.6 is 11.3 Å². The van der Waals surface area contributed by atoms with Gasteiger partial charge in [0.15, 0.2) is 0 Å². The van der Waals surface area contributed by atoms with Gasteiger partial charge in [0.1, 0.15) is 0 Å². The second-order valence-corrected chi connectivity index (χ2v) is 4.61. The number of carbonyl (C=O) groups excluding carboxylic acids is 1. The van der Waals surface area contributed by atoms with Crippen molar-refractivity contribution in [3.8, 4) is 10.4 Å². The zero-order valence-corrected chi connectivity index (χ0v) is 10.2. The number of rotatable bonds is 3. The van der Waals surface area contributed by atoms with Crippen molar-refractivity contribution in [3.63, 3.8) is 0 Å². The van der Waals surface area contributed by atoms with E-state index in [1.165, 1.54) is 17.4 Å². The summed E-state index contributed by atoms with van der Waals surface area (Å²) in [5.74, 6) is -0.166. The molecule has 0 saturated heterocycles. The first-order valence-electron chi connectivity index (χ1n) is 5.20. The molecule has 0 saturated carbocycles. The van der Waals surface area contributed by atoms with Gasteiger partial charge in [-0.2, -0.15) is 5.10 Å². The minimum atomic E-state index is -0.166. The number of hydrogen-bond acceptors (Lipinski definition) is 3. The number of nitrogens with one attached hydrogen (secondary N) is 1. The second kappa shape index (κ2) is 5.41. The molecule has 2 rings (SSSR count). The minimum Gasteiger partial charge on any atom is -0.274 e. The van der Waals surface area contributed by atoms with Crippen LogP contribution in [0.4, 0.5) is 0 Å². The molecule has 0 spiro atoms. The van der Waals surface area contributed by atoms with Crippen molar-refractivity contribution in [2.24, 2.45) is 5.10 Å². The van der Waals surface area contributed by atoms with Crippen LogP contribution in [0.25, 0.3) is 10.4 Å². The third-order valence-electron chi connectivity index (χ3n) is 2.10. The lowest BCUT2D eigenvalue weighted by Gasteiger charge is -1.94. The average Bonchev–Trinajstić information content (AvgIpc) is 2.78. The number of benzene rings is 1. The third-order valence-corrected chi connectivity index (χ3v) is 3.17. The molecule has 86 valence electrons. The summed E-state index contributed by atoms with van der Waals surface area (Å²) in [5, 5.41) is 3.83. The van der Waals surface area contributed by atoms with Crippen LogP contribution in [0.2, 0.25) is 0 Å². The van der Waals surface area contributed by atoms with E-state index in [1.807, 2.05) is 24.3 Å². The van der Waals surface area contributed by atoms with Gasteiger partial charge in [0.05, 0.1) is 6.21 Å². The maximum absolute atomic E-state index is 10.6. The van der Waals surface area contributed by atoms with E-state index in [1.54, 1.807) is 17.6 Å². The Hall–Kier alpha value is -1.94. The van der Waals surface area contributed by atoms with Crippen LogP contribution in [0.15, 0.2) is 47.6 Å². The predicted molar refractivity (Wildman–Crippen MR) is 71.2 cm³/mol. The topological polar surface area (TPSA) is 41.5 Å². The van der Waals surface area contributed by atoms with E-state index in [9.17, 15) is 4.79 Å². The summed E-state index contributed by atoms with van der Waals surface area (Å²) < 4.78 is 0. The van der Waals surface area contributed by atoms with Gasteiger partial charge in [-0.05, 0) is 17.7 Å². The lowest BCUT2D eigenvalue weighted by molar-refractivity contribution is -0.118. The molecule has 0 unspecified atom stereocenters. The predicted octanol–water partition coefficient (Wildman–Crippen LogP) is 2.89. The van der Waals surface area contributed by atoms with Gasteiger partial charge in [-0.3, -0.25) is 4.79 Å². The Morgan fingerprint density at radius 3 is 2.71 bits per heavy atom. The van der Waals surface area contributed by atoms with Crippen molar-refractivity contribution in [2.45, 2.75) is 6.92 Å². The van der Waals surface area contributed by atoms with E-state index in [-0.39, 0.29) is 5.91 Å². The fourth-order valence-corrected chi connectivity index (χ4v) is 2.25. The van der Waals surface area contributed by atoms with Gasteiger partial charge in [0.25, 0.3) is 0 Å². The minimum absolute atomic E-state index is 0.166. The van der Waals surface area contributed by atoms with Crippen molar-refractivity contribution >= 4 is 23.5 Å². The number of carbonyl (C=O) groups is 1. The van der Waals surface area contributed by atoms with Gasteiger partial charge < -0.3 is 0 Å². The summed E-state index contributed by atoms with van der Waals surface area (Å²) in [7, 11) is 0. The van der Waals surface area contributed by atoms with Crippen LogP contribution in [0, 0.1) is 0 Å². The quantitative estimate of drug-likeness (QED) is 0.654. The summed E-state index contributed by atoms with van der Waals surface area (Å²) in [5.41, 5.74) is 3.57. The van der Waals surface area contributed by atoms with Crippen LogP contribution in [-0.4, -0.2) is 12.1 Å². The SMILES string of the molecule is CC(=O)N/N=C\c1ccc(-c2ccccc2)s1. The summed E-state index contributed by atoms with van der Waals surface area (Å²) in [6.45, 7) is 1.43. The summed E-state index contributed by atoms with van der Waals surface area (Å²) in [6.07, 6.45) is 1.65. The molecule has 3 nitrogen and oxygen atoms in total. The zero-order valence-electron chi connectivity index (χ0n) is 9.38. The van der Waals surface area contributed by atoms with Crippen molar-refractivity contribution in [2.75, 3.05) is 0 Å². The molecular formula is C13H12N2OS. The van der Waals surface area contributed by atoms with E-state index < -0.39 is 0 Å². The molecule has 0 aliphatic rings. The Bertz CT molecular complexity index is 531. The van der Waals surface area contributed by atoms with Crippen LogP contribution in [0.1, 0.15) is 11.8 Å². The lowest BCUT2D eigenvalue weighted by atomic mass is 10.2. The van der Waals surface area contributed by atoms with E-state index >= 15 is 0 Å². The Labute approximate surface area is 104 Å². The molecule has 1 aromatic heterocycles. The Morgan fingerprint density at radius 1 is 1.24 bits per heavy atom. The molecule has 0 aliphatic carbocycles. The Morgan fingerprint density at radius 2 is 2.00 bits per heavy atom.